The summed E-state index contributed by atoms with van der Waals surface area (Å²) in [6.45, 7) is 0. The molecular formula is C30H23NO. The number of anilines is 3. The number of phenolic OH excluding ortho intramolecular Hbond substituents is 1. The zero-order chi connectivity index (χ0) is 21.8. The number of aromatic hydroxyl groups is 1. The van der Waals surface area contributed by atoms with Gasteiger partial charge in [0, 0.05) is 22.5 Å². The molecule has 0 atom stereocenters. The van der Waals surface area contributed by atoms with Crippen molar-refractivity contribution in [1.82, 2.24) is 0 Å². The molecule has 0 aromatic heterocycles. The molecule has 0 saturated carbocycles. The number of hydrogen-bond donors (Lipinski definition) is 1. The highest BCUT2D eigenvalue weighted by molar-refractivity contribution is 5.89. The first-order valence-corrected chi connectivity index (χ1v) is 10.7. The smallest absolute Gasteiger partial charge is 0.123 e. The van der Waals surface area contributed by atoms with Crippen LogP contribution in [0.1, 0.15) is 0 Å². The molecule has 2 heteroatoms. The van der Waals surface area contributed by atoms with Gasteiger partial charge in [-0.2, -0.15) is 0 Å². The van der Waals surface area contributed by atoms with Gasteiger partial charge in [-0.1, -0.05) is 97.1 Å². The number of para-hydroxylation sites is 3. The molecule has 154 valence electrons. The van der Waals surface area contributed by atoms with Gasteiger partial charge in [-0.15, -0.1) is 0 Å². The second-order valence-corrected chi connectivity index (χ2v) is 7.62. The van der Waals surface area contributed by atoms with Gasteiger partial charge in [0.05, 0.1) is 5.69 Å². The average molecular weight is 414 g/mol. The van der Waals surface area contributed by atoms with Crippen LogP contribution in [0.3, 0.4) is 0 Å². The minimum Gasteiger partial charge on any atom is -0.507 e. The molecule has 5 aromatic rings. The average Bonchev–Trinajstić information content (AvgIpc) is 2.86. The highest BCUT2D eigenvalue weighted by Gasteiger charge is 2.17. The number of benzene rings is 5. The van der Waals surface area contributed by atoms with Gasteiger partial charge >= 0.3 is 0 Å². The number of nitrogens with zero attached hydrogens (tertiary/aromatic N) is 1. The normalized spacial score (nSPS) is 10.6. The number of hydrogen-bond acceptors (Lipinski definition) is 2. The maximum absolute atomic E-state index is 10.4. The summed E-state index contributed by atoms with van der Waals surface area (Å²) >= 11 is 0. The fraction of sp³-hybridized carbons (Fsp3) is 0. The Kier molecular flexibility index (Phi) is 5.42. The summed E-state index contributed by atoms with van der Waals surface area (Å²) in [5.41, 5.74) is 7.31. The predicted octanol–water partition coefficient (Wildman–Crippen LogP) is 8.20. The van der Waals surface area contributed by atoms with E-state index in [0.29, 0.717) is 0 Å². The third kappa shape index (κ3) is 3.86. The third-order valence-corrected chi connectivity index (χ3v) is 5.56. The topological polar surface area (TPSA) is 23.5 Å². The van der Waals surface area contributed by atoms with Crippen LogP contribution in [0.15, 0.2) is 133 Å². The van der Waals surface area contributed by atoms with Crippen LogP contribution in [-0.4, -0.2) is 5.11 Å². The highest BCUT2D eigenvalue weighted by atomic mass is 16.3. The summed E-state index contributed by atoms with van der Waals surface area (Å²) in [6, 6.07) is 45.1. The van der Waals surface area contributed by atoms with Crippen LogP contribution >= 0.6 is 0 Å². The summed E-state index contributed by atoms with van der Waals surface area (Å²) in [5, 5.41) is 10.4. The molecule has 5 aromatic carbocycles. The first-order chi connectivity index (χ1) is 15.8. The minimum absolute atomic E-state index is 0.278. The van der Waals surface area contributed by atoms with Gasteiger partial charge in [-0.3, -0.25) is 0 Å². The lowest BCUT2D eigenvalue weighted by molar-refractivity contribution is 0.477. The van der Waals surface area contributed by atoms with Crippen molar-refractivity contribution in [2.75, 3.05) is 4.90 Å². The van der Waals surface area contributed by atoms with Crippen LogP contribution in [0.4, 0.5) is 17.1 Å². The van der Waals surface area contributed by atoms with Crippen molar-refractivity contribution in [2.24, 2.45) is 0 Å². The molecule has 1 N–H and O–H groups in total. The van der Waals surface area contributed by atoms with Crippen LogP contribution in [0.5, 0.6) is 5.75 Å². The summed E-state index contributed by atoms with van der Waals surface area (Å²) < 4.78 is 0. The first-order valence-electron chi connectivity index (χ1n) is 10.7. The fourth-order valence-corrected chi connectivity index (χ4v) is 4.07. The van der Waals surface area contributed by atoms with Crippen molar-refractivity contribution in [3.8, 4) is 28.0 Å². The second-order valence-electron chi connectivity index (χ2n) is 7.62. The van der Waals surface area contributed by atoms with Crippen molar-refractivity contribution < 1.29 is 5.11 Å². The predicted molar refractivity (Wildman–Crippen MR) is 134 cm³/mol. The van der Waals surface area contributed by atoms with E-state index in [2.05, 4.69) is 89.8 Å². The molecule has 5 rings (SSSR count). The van der Waals surface area contributed by atoms with Crippen molar-refractivity contribution in [3.05, 3.63) is 133 Å². The van der Waals surface area contributed by atoms with Crippen LogP contribution in [0.2, 0.25) is 0 Å². The van der Waals surface area contributed by atoms with Gasteiger partial charge in [0.15, 0.2) is 0 Å². The molecule has 0 aliphatic rings. The lowest BCUT2D eigenvalue weighted by Gasteiger charge is -2.28. The van der Waals surface area contributed by atoms with Crippen molar-refractivity contribution in [3.63, 3.8) is 0 Å². The molecule has 0 unspecified atom stereocenters. The van der Waals surface area contributed by atoms with Gasteiger partial charge in [0.1, 0.15) is 5.75 Å². The number of phenols is 1. The van der Waals surface area contributed by atoms with Gasteiger partial charge < -0.3 is 10.0 Å². The fourth-order valence-electron chi connectivity index (χ4n) is 4.07. The Morgan fingerprint density at radius 2 is 1.00 bits per heavy atom. The van der Waals surface area contributed by atoms with Gasteiger partial charge in [0.25, 0.3) is 0 Å². The zero-order valence-corrected chi connectivity index (χ0v) is 17.6. The summed E-state index contributed by atoms with van der Waals surface area (Å²) in [5.74, 6) is 0.278. The Morgan fingerprint density at radius 3 is 1.75 bits per heavy atom. The van der Waals surface area contributed by atoms with Crippen LogP contribution in [-0.2, 0) is 0 Å². The van der Waals surface area contributed by atoms with E-state index in [0.717, 1.165) is 33.8 Å². The Labute approximate surface area is 188 Å². The Morgan fingerprint density at radius 1 is 0.438 bits per heavy atom. The molecule has 32 heavy (non-hydrogen) atoms. The molecule has 2 nitrogen and oxygen atoms in total. The number of rotatable bonds is 5. The SMILES string of the molecule is Oc1ccccc1-c1cccc(N(c2ccccc2)c2ccccc2-c2ccccc2)c1. The monoisotopic (exact) mass is 413 g/mol. The largest absolute Gasteiger partial charge is 0.507 e. The highest BCUT2D eigenvalue weighted by Crippen LogP contribution is 2.42. The van der Waals surface area contributed by atoms with Crippen LogP contribution in [0.25, 0.3) is 22.3 Å². The first kappa shape index (κ1) is 19.7. The molecule has 0 heterocycles. The van der Waals surface area contributed by atoms with E-state index in [1.165, 1.54) is 5.56 Å². The van der Waals surface area contributed by atoms with E-state index >= 15 is 0 Å². The second kappa shape index (κ2) is 8.83. The van der Waals surface area contributed by atoms with E-state index in [-0.39, 0.29) is 5.75 Å². The van der Waals surface area contributed by atoms with Crippen molar-refractivity contribution >= 4 is 17.1 Å². The molecule has 0 saturated heterocycles. The Balaban J connectivity index is 1.71. The zero-order valence-electron chi connectivity index (χ0n) is 17.6. The molecule has 0 fully saturated rings. The molecule has 0 bridgehead atoms. The Bertz CT molecular complexity index is 1330. The van der Waals surface area contributed by atoms with E-state index in [1.54, 1.807) is 6.07 Å². The van der Waals surface area contributed by atoms with E-state index in [1.807, 2.05) is 42.5 Å². The molecule has 0 spiro atoms. The van der Waals surface area contributed by atoms with E-state index in [4.69, 9.17) is 0 Å². The lowest BCUT2D eigenvalue weighted by Crippen LogP contribution is -2.11. The van der Waals surface area contributed by atoms with E-state index < -0.39 is 0 Å². The summed E-state index contributed by atoms with van der Waals surface area (Å²) in [7, 11) is 0. The molecular weight excluding hydrogens is 390 g/mol. The van der Waals surface area contributed by atoms with E-state index in [9.17, 15) is 5.11 Å². The summed E-state index contributed by atoms with van der Waals surface area (Å²) in [6.07, 6.45) is 0. The van der Waals surface area contributed by atoms with Crippen molar-refractivity contribution in [2.45, 2.75) is 0 Å². The van der Waals surface area contributed by atoms with Gasteiger partial charge in [0.2, 0.25) is 0 Å². The van der Waals surface area contributed by atoms with Crippen LogP contribution in [0, 0.1) is 0 Å². The minimum atomic E-state index is 0.278. The lowest BCUT2D eigenvalue weighted by atomic mass is 10.0. The standard InChI is InChI=1S/C30H23NO/c32-30-21-10-8-19-28(30)24-14-11-17-26(22-24)31(25-15-5-2-6-16-25)29-20-9-7-18-27(29)23-12-3-1-4-13-23/h1-22,32H. The van der Waals surface area contributed by atoms with Crippen LogP contribution < -0.4 is 4.90 Å². The maximum Gasteiger partial charge on any atom is 0.123 e. The van der Waals surface area contributed by atoms with Crippen molar-refractivity contribution in [1.29, 1.82) is 0 Å². The molecule has 0 aliphatic heterocycles. The summed E-state index contributed by atoms with van der Waals surface area (Å²) in [4.78, 5) is 2.27. The Hall–Kier alpha value is -4.30. The maximum atomic E-state index is 10.4. The molecule has 0 aliphatic carbocycles. The molecule has 0 radical (unpaired) electrons. The van der Waals surface area contributed by atoms with Gasteiger partial charge in [-0.05, 0) is 47.5 Å². The van der Waals surface area contributed by atoms with Gasteiger partial charge in [-0.25, -0.2) is 0 Å². The quantitative estimate of drug-likeness (QED) is 0.314. The third-order valence-electron chi connectivity index (χ3n) is 5.56. The molecule has 0 amide bonds.